The molecule has 0 unspecified atom stereocenters. The molecule has 0 atom stereocenters. The van der Waals surface area contributed by atoms with Gasteiger partial charge in [0.25, 0.3) is 5.56 Å². The van der Waals surface area contributed by atoms with E-state index in [1.54, 1.807) is 35.0 Å². The van der Waals surface area contributed by atoms with Crippen LogP contribution in [0.15, 0.2) is 52.7 Å². The highest BCUT2D eigenvalue weighted by atomic mass is 35.5. The summed E-state index contributed by atoms with van der Waals surface area (Å²) in [4.78, 5) is 34.4. The van der Waals surface area contributed by atoms with Crippen molar-refractivity contribution >= 4 is 45.9 Å². The van der Waals surface area contributed by atoms with Crippen molar-refractivity contribution in [3.8, 4) is 0 Å². The summed E-state index contributed by atoms with van der Waals surface area (Å²) in [5.41, 5.74) is 2.35. The van der Waals surface area contributed by atoms with E-state index in [1.807, 2.05) is 16.7 Å². The van der Waals surface area contributed by atoms with Crippen molar-refractivity contribution < 1.29 is 9.53 Å². The molecule has 0 N–H and O–H groups in total. The summed E-state index contributed by atoms with van der Waals surface area (Å²) in [5.74, 6) is 0.335. The summed E-state index contributed by atoms with van der Waals surface area (Å²) in [5, 5.41) is 1.69. The van der Waals surface area contributed by atoms with Crippen LogP contribution in [0.4, 0.5) is 0 Å². The standard InChI is InChI=1S/C22H21ClN4O3S/c1-13(2)9-27-20(28)17-6-4-14(21(29)30-3)8-18(17)25-22(27)31-12-16-11-26-10-15(23)5-7-19(26)24-16/h4-8,10-11,13H,9,12H2,1-3H3. The lowest BCUT2D eigenvalue weighted by molar-refractivity contribution is 0.0601. The first kappa shape index (κ1) is 21.4. The summed E-state index contributed by atoms with van der Waals surface area (Å²) in [7, 11) is 1.32. The molecule has 4 rings (SSSR count). The number of imidazole rings is 1. The molecule has 0 aliphatic heterocycles. The number of esters is 1. The number of carbonyl (C=O) groups is 1. The fourth-order valence-electron chi connectivity index (χ4n) is 3.31. The lowest BCUT2D eigenvalue weighted by Gasteiger charge is -2.15. The van der Waals surface area contributed by atoms with Gasteiger partial charge in [0.2, 0.25) is 0 Å². The minimum atomic E-state index is -0.465. The minimum absolute atomic E-state index is 0.126. The fraction of sp³-hybridized carbons (Fsp3) is 0.273. The average molecular weight is 457 g/mol. The van der Waals surface area contributed by atoms with Gasteiger partial charge in [-0.25, -0.2) is 14.8 Å². The van der Waals surface area contributed by atoms with Crippen molar-refractivity contribution in [2.24, 2.45) is 5.92 Å². The van der Waals surface area contributed by atoms with Crippen LogP contribution in [0.3, 0.4) is 0 Å². The SMILES string of the molecule is COC(=O)c1ccc2c(=O)n(CC(C)C)c(SCc3cn4cc(Cl)ccc4n3)nc2c1. The van der Waals surface area contributed by atoms with Gasteiger partial charge in [-0.1, -0.05) is 37.2 Å². The summed E-state index contributed by atoms with van der Waals surface area (Å²) in [6.45, 7) is 4.65. The summed E-state index contributed by atoms with van der Waals surface area (Å²) < 4.78 is 8.36. The van der Waals surface area contributed by atoms with Crippen molar-refractivity contribution in [2.75, 3.05) is 7.11 Å². The third kappa shape index (κ3) is 4.45. The first-order valence-corrected chi connectivity index (χ1v) is 11.1. The Hall–Kier alpha value is -2.84. The van der Waals surface area contributed by atoms with Crippen LogP contribution >= 0.6 is 23.4 Å². The molecule has 3 heterocycles. The zero-order valence-corrected chi connectivity index (χ0v) is 18.9. The Balaban J connectivity index is 1.73. The van der Waals surface area contributed by atoms with E-state index >= 15 is 0 Å². The van der Waals surface area contributed by atoms with Gasteiger partial charge in [-0.15, -0.1) is 0 Å². The Labute approximate surface area is 188 Å². The number of nitrogens with zero attached hydrogens (tertiary/aromatic N) is 4. The zero-order chi connectivity index (χ0) is 22.1. The normalized spacial score (nSPS) is 11.5. The van der Waals surface area contributed by atoms with Gasteiger partial charge in [-0.05, 0) is 36.2 Å². The first-order valence-electron chi connectivity index (χ1n) is 9.74. The highest BCUT2D eigenvalue weighted by Gasteiger charge is 2.16. The smallest absolute Gasteiger partial charge is 0.337 e. The van der Waals surface area contributed by atoms with Gasteiger partial charge in [-0.2, -0.15) is 0 Å². The number of halogens is 1. The number of methoxy groups -OCH3 is 1. The van der Waals surface area contributed by atoms with Gasteiger partial charge < -0.3 is 9.14 Å². The number of aromatic nitrogens is 4. The maximum atomic E-state index is 13.2. The summed E-state index contributed by atoms with van der Waals surface area (Å²) in [6.07, 6.45) is 3.71. The predicted octanol–water partition coefficient (Wildman–Crippen LogP) is 4.43. The van der Waals surface area contributed by atoms with Crippen molar-refractivity contribution in [3.05, 3.63) is 69.4 Å². The molecule has 0 saturated carbocycles. The number of thioether (sulfide) groups is 1. The van der Waals surface area contributed by atoms with E-state index in [4.69, 9.17) is 21.3 Å². The molecule has 3 aromatic heterocycles. The fourth-order valence-corrected chi connectivity index (χ4v) is 4.37. The second kappa shape index (κ2) is 8.72. The number of carbonyl (C=O) groups excluding carboxylic acids is 1. The van der Waals surface area contributed by atoms with Crippen LogP contribution in [-0.2, 0) is 17.0 Å². The molecular weight excluding hydrogens is 436 g/mol. The molecule has 7 nitrogen and oxygen atoms in total. The van der Waals surface area contributed by atoms with E-state index in [0.29, 0.717) is 38.9 Å². The second-order valence-electron chi connectivity index (χ2n) is 7.56. The predicted molar refractivity (Wildman–Crippen MR) is 122 cm³/mol. The highest BCUT2D eigenvalue weighted by Crippen LogP contribution is 2.24. The van der Waals surface area contributed by atoms with Crippen LogP contribution in [0.1, 0.15) is 29.9 Å². The molecule has 0 radical (unpaired) electrons. The Kier molecular flexibility index (Phi) is 6.02. The average Bonchev–Trinajstić information content (AvgIpc) is 3.15. The van der Waals surface area contributed by atoms with Crippen LogP contribution in [0.5, 0.6) is 0 Å². The number of hydrogen-bond acceptors (Lipinski definition) is 6. The van der Waals surface area contributed by atoms with E-state index < -0.39 is 5.97 Å². The van der Waals surface area contributed by atoms with E-state index in [-0.39, 0.29) is 11.5 Å². The number of ether oxygens (including phenoxy) is 1. The van der Waals surface area contributed by atoms with Gasteiger partial charge >= 0.3 is 5.97 Å². The van der Waals surface area contributed by atoms with E-state index in [9.17, 15) is 9.59 Å². The van der Waals surface area contributed by atoms with E-state index in [2.05, 4.69) is 18.8 Å². The van der Waals surface area contributed by atoms with Crippen molar-refractivity contribution in [1.29, 1.82) is 0 Å². The topological polar surface area (TPSA) is 78.5 Å². The molecule has 0 amide bonds. The van der Waals surface area contributed by atoms with Crippen LogP contribution in [0, 0.1) is 5.92 Å². The monoisotopic (exact) mass is 456 g/mol. The van der Waals surface area contributed by atoms with Crippen molar-refractivity contribution in [3.63, 3.8) is 0 Å². The molecule has 0 aliphatic rings. The maximum Gasteiger partial charge on any atom is 0.337 e. The van der Waals surface area contributed by atoms with Crippen molar-refractivity contribution in [1.82, 2.24) is 18.9 Å². The first-order chi connectivity index (χ1) is 14.9. The second-order valence-corrected chi connectivity index (χ2v) is 8.94. The lowest BCUT2D eigenvalue weighted by Crippen LogP contribution is -2.25. The largest absolute Gasteiger partial charge is 0.465 e. The van der Waals surface area contributed by atoms with E-state index in [0.717, 1.165) is 11.3 Å². The lowest BCUT2D eigenvalue weighted by atomic mass is 10.1. The summed E-state index contributed by atoms with van der Waals surface area (Å²) >= 11 is 7.49. The zero-order valence-electron chi connectivity index (χ0n) is 17.3. The molecule has 0 spiro atoms. The third-order valence-electron chi connectivity index (χ3n) is 4.70. The Morgan fingerprint density at radius 1 is 1.19 bits per heavy atom. The molecular formula is C22H21ClN4O3S. The molecule has 4 aromatic rings. The van der Waals surface area contributed by atoms with Gasteiger partial charge in [0, 0.05) is 24.7 Å². The molecule has 0 fully saturated rings. The Bertz CT molecular complexity index is 1350. The maximum absolute atomic E-state index is 13.2. The Morgan fingerprint density at radius 3 is 2.74 bits per heavy atom. The van der Waals surface area contributed by atoms with Crippen LogP contribution in [0.2, 0.25) is 5.02 Å². The minimum Gasteiger partial charge on any atom is -0.465 e. The molecule has 0 aliphatic carbocycles. The summed E-state index contributed by atoms with van der Waals surface area (Å²) in [6, 6.07) is 8.47. The molecule has 160 valence electrons. The quantitative estimate of drug-likeness (QED) is 0.242. The molecule has 0 saturated heterocycles. The molecule has 9 heteroatoms. The number of hydrogen-bond donors (Lipinski definition) is 0. The number of pyridine rings is 1. The van der Waals surface area contributed by atoms with Crippen LogP contribution in [-0.4, -0.2) is 32.0 Å². The van der Waals surface area contributed by atoms with Crippen LogP contribution < -0.4 is 5.56 Å². The van der Waals surface area contributed by atoms with Crippen LogP contribution in [0.25, 0.3) is 16.6 Å². The highest BCUT2D eigenvalue weighted by molar-refractivity contribution is 7.98. The van der Waals surface area contributed by atoms with E-state index in [1.165, 1.54) is 18.9 Å². The van der Waals surface area contributed by atoms with Gasteiger partial charge in [0.1, 0.15) is 5.65 Å². The van der Waals surface area contributed by atoms with Gasteiger partial charge in [-0.3, -0.25) is 9.36 Å². The van der Waals surface area contributed by atoms with Crippen molar-refractivity contribution in [2.45, 2.75) is 31.3 Å². The van der Waals surface area contributed by atoms with Gasteiger partial charge in [0.05, 0.1) is 34.3 Å². The molecule has 1 aromatic carbocycles. The van der Waals surface area contributed by atoms with Gasteiger partial charge in [0.15, 0.2) is 5.16 Å². The third-order valence-corrected chi connectivity index (χ3v) is 5.94. The molecule has 0 bridgehead atoms. The number of benzene rings is 1. The number of fused-ring (bicyclic) bond motifs is 2. The Morgan fingerprint density at radius 2 is 2.00 bits per heavy atom. The number of rotatable bonds is 6. The molecule has 31 heavy (non-hydrogen) atoms.